The van der Waals surface area contributed by atoms with Crippen LogP contribution in [0.3, 0.4) is 0 Å². The average molecular weight is 1120 g/mol. The highest BCUT2D eigenvalue weighted by atomic mass is 16.6. The largest absolute Gasteiger partial charge is 0.462 e. The van der Waals surface area contributed by atoms with Crippen molar-refractivity contribution in [3.63, 3.8) is 0 Å². The van der Waals surface area contributed by atoms with Crippen LogP contribution in [0.2, 0.25) is 0 Å². The maximum atomic E-state index is 12.9. The molecule has 1 unspecified atom stereocenters. The van der Waals surface area contributed by atoms with Gasteiger partial charge in [0.2, 0.25) is 0 Å². The van der Waals surface area contributed by atoms with E-state index in [1.165, 1.54) is 283 Å². The zero-order valence-corrected chi connectivity index (χ0v) is 54.1. The molecular weight excluding hydrogens is 985 g/mol. The monoisotopic (exact) mass is 1120 g/mol. The van der Waals surface area contributed by atoms with Crippen molar-refractivity contribution in [2.24, 2.45) is 0 Å². The lowest BCUT2D eigenvalue weighted by atomic mass is 10.0. The van der Waals surface area contributed by atoms with Crippen molar-refractivity contribution in [1.82, 2.24) is 0 Å². The van der Waals surface area contributed by atoms with Gasteiger partial charge in [-0.05, 0) is 57.8 Å². The molecule has 0 radical (unpaired) electrons. The Labute approximate surface area is 499 Å². The van der Waals surface area contributed by atoms with E-state index < -0.39 is 6.10 Å². The lowest BCUT2D eigenvalue weighted by Crippen LogP contribution is -2.30. The van der Waals surface area contributed by atoms with E-state index in [0.29, 0.717) is 19.3 Å². The van der Waals surface area contributed by atoms with Crippen molar-refractivity contribution in [3.8, 4) is 0 Å². The second-order valence-corrected chi connectivity index (χ2v) is 24.5. The lowest BCUT2D eigenvalue weighted by molar-refractivity contribution is -0.167. The summed E-state index contributed by atoms with van der Waals surface area (Å²) in [4.78, 5) is 38.4. The summed E-state index contributed by atoms with van der Waals surface area (Å²) in [6.07, 6.45) is 86.2. The first-order valence-electron chi connectivity index (χ1n) is 36.0. The number of carbonyl (C=O) groups excluding carboxylic acids is 3. The second kappa shape index (κ2) is 69.1. The van der Waals surface area contributed by atoms with Gasteiger partial charge in [0.1, 0.15) is 13.2 Å². The minimum absolute atomic E-state index is 0.0721. The summed E-state index contributed by atoms with van der Waals surface area (Å²) >= 11 is 0. The summed E-state index contributed by atoms with van der Waals surface area (Å²) in [6, 6.07) is 0. The van der Waals surface area contributed by atoms with Crippen LogP contribution in [0.15, 0.2) is 36.5 Å². The minimum Gasteiger partial charge on any atom is -0.462 e. The topological polar surface area (TPSA) is 78.9 Å². The number of esters is 3. The summed E-state index contributed by atoms with van der Waals surface area (Å²) in [6.45, 7) is 6.67. The molecule has 0 heterocycles. The zero-order valence-electron chi connectivity index (χ0n) is 54.1. The molecule has 0 bridgehead atoms. The number of carbonyl (C=O) groups is 3. The van der Waals surface area contributed by atoms with Crippen molar-refractivity contribution >= 4 is 17.9 Å². The van der Waals surface area contributed by atoms with E-state index in [-0.39, 0.29) is 31.1 Å². The quantitative estimate of drug-likeness (QED) is 0.0261. The fraction of sp³-hybridized carbons (Fsp3) is 0.878. The molecule has 0 aliphatic carbocycles. The molecule has 0 saturated heterocycles. The first kappa shape index (κ1) is 77.6. The number of unbranched alkanes of at least 4 members (excludes halogenated alkanes) is 50. The molecule has 0 N–H and O–H groups in total. The van der Waals surface area contributed by atoms with Crippen molar-refractivity contribution in [1.29, 1.82) is 0 Å². The van der Waals surface area contributed by atoms with Crippen LogP contribution in [0.1, 0.15) is 400 Å². The van der Waals surface area contributed by atoms with E-state index in [4.69, 9.17) is 14.2 Å². The molecule has 0 rings (SSSR count). The normalized spacial score (nSPS) is 12.2. The molecule has 0 fully saturated rings. The van der Waals surface area contributed by atoms with E-state index in [2.05, 4.69) is 57.2 Å². The van der Waals surface area contributed by atoms with Gasteiger partial charge in [0.25, 0.3) is 0 Å². The summed E-state index contributed by atoms with van der Waals surface area (Å²) in [5, 5.41) is 0. The fourth-order valence-corrected chi connectivity index (χ4v) is 11.0. The standard InChI is InChI=1S/C74H138O6/c1-4-7-10-13-16-19-22-25-27-29-31-32-33-34-35-36-37-38-39-40-41-42-44-45-47-49-52-55-58-61-64-67-73(76)79-70-71(69-78-72(75)66-63-60-57-54-51-24-21-18-15-12-9-6-3)80-74(77)68-65-62-59-56-53-50-48-46-43-30-28-26-23-20-17-14-11-8-5-2/h17,20,26,28,43,46,71H,4-16,18-19,21-25,27,29-42,44-45,47-70H2,1-3H3/b20-17-,28-26-,46-43-. The van der Waals surface area contributed by atoms with Crippen LogP contribution >= 0.6 is 0 Å². The van der Waals surface area contributed by atoms with Gasteiger partial charge in [-0.1, -0.05) is 359 Å². The Kier molecular flexibility index (Phi) is 67.1. The second-order valence-electron chi connectivity index (χ2n) is 24.5. The number of hydrogen-bond donors (Lipinski definition) is 0. The van der Waals surface area contributed by atoms with Crippen molar-refractivity contribution in [2.45, 2.75) is 406 Å². The Morgan fingerprint density at radius 1 is 0.250 bits per heavy atom. The van der Waals surface area contributed by atoms with Crippen molar-refractivity contribution < 1.29 is 28.6 Å². The fourth-order valence-electron chi connectivity index (χ4n) is 11.0. The molecule has 0 spiro atoms. The molecule has 0 saturated carbocycles. The Hall–Kier alpha value is -2.37. The van der Waals surface area contributed by atoms with Gasteiger partial charge in [0, 0.05) is 19.3 Å². The molecule has 0 aromatic heterocycles. The van der Waals surface area contributed by atoms with E-state index in [1.807, 2.05) is 0 Å². The molecule has 0 aliphatic rings. The molecule has 0 aliphatic heterocycles. The molecule has 80 heavy (non-hydrogen) atoms. The van der Waals surface area contributed by atoms with Gasteiger partial charge in [-0.3, -0.25) is 14.4 Å². The smallest absolute Gasteiger partial charge is 0.306 e. The maximum Gasteiger partial charge on any atom is 0.306 e. The van der Waals surface area contributed by atoms with Crippen LogP contribution in [0, 0.1) is 0 Å². The molecule has 1 atom stereocenters. The van der Waals surface area contributed by atoms with E-state index >= 15 is 0 Å². The molecular formula is C74H138O6. The molecule has 0 aromatic rings. The predicted octanol–water partition coefficient (Wildman–Crippen LogP) is 24.7. The first-order chi connectivity index (χ1) is 39.5. The van der Waals surface area contributed by atoms with Crippen LogP contribution in [0.4, 0.5) is 0 Å². The highest BCUT2D eigenvalue weighted by Gasteiger charge is 2.19. The average Bonchev–Trinajstić information content (AvgIpc) is 3.46. The summed E-state index contributed by atoms with van der Waals surface area (Å²) in [5.74, 6) is -0.857. The lowest BCUT2D eigenvalue weighted by Gasteiger charge is -2.18. The van der Waals surface area contributed by atoms with Gasteiger partial charge in [-0.25, -0.2) is 0 Å². The first-order valence-corrected chi connectivity index (χ1v) is 36.0. The van der Waals surface area contributed by atoms with Gasteiger partial charge in [0.05, 0.1) is 0 Å². The minimum atomic E-state index is -0.776. The zero-order chi connectivity index (χ0) is 57.8. The summed E-state index contributed by atoms with van der Waals surface area (Å²) < 4.78 is 17.0. The number of ether oxygens (including phenoxy) is 3. The van der Waals surface area contributed by atoms with E-state index in [1.54, 1.807) is 0 Å². The maximum absolute atomic E-state index is 12.9. The molecule has 0 amide bonds. The van der Waals surface area contributed by atoms with Crippen LogP contribution in [-0.2, 0) is 28.6 Å². The molecule has 0 aromatic carbocycles. The van der Waals surface area contributed by atoms with Crippen LogP contribution in [-0.4, -0.2) is 37.2 Å². The Morgan fingerprint density at radius 3 is 0.725 bits per heavy atom. The summed E-state index contributed by atoms with van der Waals surface area (Å²) in [5.41, 5.74) is 0. The number of rotatable bonds is 67. The van der Waals surface area contributed by atoms with Gasteiger partial charge in [-0.2, -0.15) is 0 Å². The van der Waals surface area contributed by atoms with Gasteiger partial charge in [0.15, 0.2) is 6.10 Å². The SMILES string of the molecule is CCCCC/C=C\C/C=C\C/C=C\CCCCCCCCC(=O)OC(COC(=O)CCCCCCCCCCCCCC)COC(=O)CCCCCCCCCCCCCCCCCCCCCCCCCCCCCCCCC. The third-order valence-corrected chi connectivity index (χ3v) is 16.4. The van der Waals surface area contributed by atoms with Crippen molar-refractivity contribution in [2.75, 3.05) is 13.2 Å². The van der Waals surface area contributed by atoms with Gasteiger partial charge >= 0.3 is 17.9 Å². The van der Waals surface area contributed by atoms with Crippen LogP contribution in [0.25, 0.3) is 0 Å². The third-order valence-electron chi connectivity index (χ3n) is 16.4. The van der Waals surface area contributed by atoms with Gasteiger partial charge < -0.3 is 14.2 Å². The predicted molar refractivity (Wildman–Crippen MR) is 349 cm³/mol. The highest BCUT2D eigenvalue weighted by Crippen LogP contribution is 2.19. The van der Waals surface area contributed by atoms with Crippen LogP contribution in [0.5, 0.6) is 0 Å². The molecule has 470 valence electrons. The van der Waals surface area contributed by atoms with Crippen molar-refractivity contribution in [3.05, 3.63) is 36.5 Å². The Morgan fingerprint density at radius 2 is 0.450 bits per heavy atom. The van der Waals surface area contributed by atoms with Gasteiger partial charge in [-0.15, -0.1) is 0 Å². The molecule has 6 nitrogen and oxygen atoms in total. The van der Waals surface area contributed by atoms with E-state index in [9.17, 15) is 14.4 Å². The third kappa shape index (κ3) is 66.4. The Bertz CT molecular complexity index is 1340. The van der Waals surface area contributed by atoms with E-state index in [0.717, 1.165) is 77.0 Å². The number of allylic oxidation sites excluding steroid dienone is 6. The summed E-state index contributed by atoms with van der Waals surface area (Å²) in [7, 11) is 0. The van der Waals surface area contributed by atoms with Crippen LogP contribution < -0.4 is 0 Å². The Balaban J connectivity index is 4.13. The number of hydrogen-bond acceptors (Lipinski definition) is 6. The highest BCUT2D eigenvalue weighted by molar-refractivity contribution is 5.71. The molecule has 6 heteroatoms.